The molecule has 94 valence electrons. The van der Waals surface area contributed by atoms with Gasteiger partial charge in [0.1, 0.15) is 12.1 Å². The molecule has 6 heteroatoms. The average molecular weight is 246 g/mol. The fourth-order valence-electron chi connectivity index (χ4n) is 1.56. The van der Waals surface area contributed by atoms with Crippen LogP contribution >= 0.6 is 0 Å². The van der Waals surface area contributed by atoms with Gasteiger partial charge in [-0.3, -0.25) is 9.89 Å². The number of amides is 1. The van der Waals surface area contributed by atoms with E-state index in [4.69, 9.17) is 4.74 Å². The second-order valence-electron chi connectivity index (χ2n) is 3.79. The molecule has 0 aliphatic rings. The molecule has 0 fully saturated rings. The van der Waals surface area contributed by atoms with E-state index in [9.17, 15) is 4.79 Å². The van der Waals surface area contributed by atoms with Crippen LogP contribution in [0.3, 0.4) is 0 Å². The molecule has 2 rings (SSSR count). The van der Waals surface area contributed by atoms with Crippen molar-refractivity contribution in [3.63, 3.8) is 0 Å². The number of hydrogen-bond donors (Lipinski definition) is 2. The molecular formula is C12H14N4O2. The normalized spacial score (nSPS) is 11.9. The zero-order chi connectivity index (χ0) is 13.0. The molecule has 0 radical (unpaired) electrons. The zero-order valence-electron chi connectivity index (χ0n) is 10.2. The molecular weight excluding hydrogens is 232 g/mol. The summed E-state index contributed by atoms with van der Waals surface area (Å²) in [5.74, 6) is 0.612. The number of H-pyrrole nitrogens is 1. The first-order valence-corrected chi connectivity index (χ1v) is 5.51. The summed E-state index contributed by atoms with van der Waals surface area (Å²) in [5, 5.41) is 9.03. The van der Waals surface area contributed by atoms with E-state index in [1.54, 1.807) is 7.11 Å². The van der Waals surface area contributed by atoms with Crippen LogP contribution in [0, 0.1) is 0 Å². The molecule has 1 aromatic heterocycles. The number of aromatic amines is 1. The number of ether oxygens (including phenoxy) is 1. The van der Waals surface area contributed by atoms with Crippen LogP contribution in [-0.4, -0.2) is 28.2 Å². The molecule has 18 heavy (non-hydrogen) atoms. The Hall–Kier alpha value is -2.37. The van der Waals surface area contributed by atoms with Crippen LogP contribution in [0.1, 0.15) is 29.1 Å². The number of methoxy groups -OCH3 is 1. The third-order valence-corrected chi connectivity index (χ3v) is 2.58. The third kappa shape index (κ3) is 2.65. The molecule has 6 nitrogen and oxygen atoms in total. The van der Waals surface area contributed by atoms with E-state index in [-0.39, 0.29) is 17.8 Å². The van der Waals surface area contributed by atoms with Crippen LogP contribution in [0.4, 0.5) is 0 Å². The van der Waals surface area contributed by atoms with E-state index in [1.807, 2.05) is 31.2 Å². The number of hydrogen-bond acceptors (Lipinski definition) is 4. The van der Waals surface area contributed by atoms with E-state index in [1.165, 1.54) is 6.33 Å². The van der Waals surface area contributed by atoms with Gasteiger partial charge >= 0.3 is 0 Å². The van der Waals surface area contributed by atoms with Crippen molar-refractivity contribution in [3.05, 3.63) is 42.0 Å². The van der Waals surface area contributed by atoms with Gasteiger partial charge in [0.15, 0.2) is 0 Å². The first kappa shape index (κ1) is 12.1. The van der Waals surface area contributed by atoms with Crippen LogP contribution in [0.5, 0.6) is 5.75 Å². The number of nitrogens with one attached hydrogen (secondary N) is 2. The fourth-order valence-corrected chi connectivity index (χ4v) is 1.56. The molecule has 1 atom stereocenters. The van der Waals surface area contributed by atoms with Crippen molar-refractivity contribution in [2.75, 3.05) is 7.11 Å². The van der Waals surface area contributed by atoms with Crippen molar-refractivity contribution in [2.24, 2.45) is 0 Å². The van der Waals surface area contributed by atoms with Crippen molar-refractivity contribution in [3.8, 4) is 5.75 Å². The monoisotopic (exact) mass is 246 g/mol. The standard InChI is InChI=1S/C12H14N4O2/c1-8(9-3-5-10(18-2)6-4-9)15-12(17)11-13-7-14-16-11/h3-8H,1-2H3,(H,15,17)(H,13,14,16). The summed E-state index contributed by atoms with van der Waals surface area (Å²) >= 11 is 0. The highest BCUT2D eigenvalue weighted by Crippen LogP contribution is 2.17. The highest BCUT2D eigenvalue weighted by Gasteiger charge is 2.13. The Kier molecular flexibility index (Phi) is 3.57. The van der Waals surface area contributed by atoms with Crippen LogP contribution in [0.15, 0.2) is 30.6 Å². The lowest BCUT2D eigenvalue weighted by Crippen LogP contribution is -2.27. The van der Waals surface area contributed by atoms with Crippen molar-refractivity contribution in [2.45, 2.75) is 13.0 Å². The lowest BCUT2D eigenvalue weighted by molar-refractivity contribution is 0.0930. The Morgan fingerprint density at radius 1 is 1.39 bits per heavy atom. The molecule has 1 amide bonds. The molecule has 0 saturated carbocycles. The maximum absolute atomic E-state index is 11.7. The second kappa shape index (κ2) is 5.31. The molecule has 0 aliphatic carbocycles. The molecule has 1 unspecified atom stereocenters. The van der Waals surface area contributed by atoms with Gasteiger partial charge in [-0.05, 0) is 24.6 Å². The average Bonchev–Trinajstić information content (AvgIpc) is 2.92. The van der Waals surface area contributed by atoms with E-state index < -0.39 is 0 Å². The predicted molar refractivity (Wildman–Crippen MR) is 65.3 cm³/mol. The lowest BCUT2D eigenvalue weighted by Gasteiger charge is -2.13. The quantitative estimate of drug-likeness (QED) is 0.852. The minimum absolute atomic E-state index is 0.123. The van der Waals surface area contributed by atoms with Gasteiger partial charge in [-0.15, -0.1) is 5.10 Å². The summed E-state index contributed by atoms with van der Waals surface area (Å²) < 4.78 is 5.08. The molecule has 1 aromatic carbocycles. The second-order valence-corrected chi connectivity index (χ2v) is 3.79. The topological polar surface area (TPSA) is 79.9 Å². The van der Waals surface area contributed by atoms with E-state index in [2.05, 4.69) is 20.5 Å². The Balaban J connectivity index is 2.02. The zero-order valence-corrected chi connectivity index (χ0v) is 10.2. The van der Waals surface area contributed by atoms with Crippen LogP contribution < -0.4 is 10.1 Å². The van der Waals surface area contributed by atoms with Gasteiger partial charge in [0, 0.05) is 0 Å². The molecule has 0 saturated heterocycles. The number of nitrogens with zero attached hydrogens (tertiary/aromatic N) is 2. The summed E-state index contributed by atoms with van der Waals surface area (Å²) in [6.07, 6.45) is 1.37. The van der Waals surface area contributed by atoms with Crippen molar-refractivity contribution in [1.82, 2.24) is 20.5 Å². The minimum atomic E-state index is -0.306. The minimum Gasteiger partial charge on any atom is -0.497 e. The summed E-state index contributed by atoms with van der Waals surface area (Å²) in [5.41, 5.74) is 0.986. The summed E-state index contributed by atoms with van der Waals surface area (Å²) in [6, 6.07) is 7.39. The SMILES string of the molecule is COc1ccc(C(C)NC(=O)c2nc[nH]n2)cc1. The van der Waals surface area contributed by atoms with Gasteiger partial charge in [0.05, 0.1) is 13.2 Å². The van der Waals surface area contributed by atoms with Crippen molar-refractivity contribution < 1.29 is 9.53 Å². The molecule has 1 heterocycles. The van der Waals surface area contributed by atoms with Crippen LogP contribution in [0.2, 0.25) is 0 Å². The first-order chi connectivity index (χ1) is 8.70. The lowest BCUT2D eigenvalue weighted by atomic mass is 10.1. The summed E-state index contributed by atoms with van der Waals surface area (Å²) in [7, 11) is 1.61. The number of rotatable bonds is 4. The molecule has 0 spiro atoms. The maximum Gasteiger partial charge on any atom is 0.291 e. The Morgan fingerprint density at radius 3 is 2.67 bits per heavy atom. The van der Waals surface area contributed by atoms with Crippen molar-refractivity contribution in [1.29, 1.82) is 0 Å². The molecule has 0 aliphatic heterocycles. The summed E-state index contributed by atoms with van der Waals surface area (Å²) in [6.45, 7) is 1.90. The van der Waals surface area contributed by atoms with Crippen molar-refractivity contribution >= 4 is 5.91 Å². The number of benzene rings is 1. The molecule has 0 bridgehead atoms. The van der Waals surface area contributed by atoms with Gasteiger partial charge in [-0.25, -0.2) is 4.98 Å². The van der Waals surface area contributed by atoms with Gasteiger partial charge in [0.2, 0.25) is 5.82 Å². The molecule has 2 N–H and O–H groups in total. The van der Waals surface area contributed by atoms with Gasteiger partial charge < -0.3 is 10.1 Å². The Morgan fingerprint density at radius 2 is 2.11 bits per heavy atom. The van der Waals surface area contributed by atoms with Crippen LogP contribution in [0.25, 0.3) is 0 Å². The number of carbonyl (C=O) groups excluding carboxylic acids is 1. The summed E-state index contributed by atoms with van der Waals surface area (Å²) in [4.78, 5) is 15.5. The Labute approximate surface area is 104 Å². The smallest absolute Gasteiger partial charge is 0.291 e. The molecule has 2 aromatic rings. The fraction of sp³-hybridized carbons (Fsp3) is 0.250. The highest BCUT2D eigenvalue weighted by atomic mass is 16.5. The largest absolute Gasteiger partial charge is 0.497 e. The maximum atomic E-state index is 11.7. The number of carbonyl (C=O) groups is 1. The van der Waals surface area contributed by atoms with E-state index in [0.717, 1.165) is 11.3 Å². The van der Waals surface area contributed by atoms with Crippen LogP contribution in [-0.2, 0) is 0 Å². The highest BCUT2D eigenvalue weighted by molar-refractivity contribution is 5.90. The first-order valence-electron chi connectivity index (χ1n) is 5.51. The van der Waals surface area contributed by atoms with E-state index >= 15 is 0 Å². The number of aromatic nitrogens is 3. The van der Waals surface area contributed by atoms with Gasteiger partial charge in [-0.2, -0.15) is 0 Å². The van der Waals surface area contributed by atoms with E-state index in [0.29, 0.717) is 0 Å². The third-order valence-electron chi connectivity index (χ3n) is 2.58. The Bertz CT molecular complexity index is 507. The predicted octanol–water partition coefficient (Wildman–Crippen LogP) is 1.30. The van der Waals surface area contributed by atoms with Gasteiger partial charge in [0.25, 0.3) is 5.91 Å². The van der Waals surface area contributed by atoms with Gasteiger partial charge in [-0.1, -0.05) is 12.1 Å².